The third-order valence-corrected chi connectivity index (χ3v) is 6.68. The molecule has 232 valence electrons. The van der Waals surface area contributed by atoms with Crippen molar-refractivity contribution in [3.63, 3.8) is 0 Å². The highest BCUT2D eigenvalue weighted by atomic mass is 35.5. The molecule has 0 aliphatic heterocycles. The van der Waals surface area contributed by atoms with E-state index in [1.54, 1.807) is 20.4 Å². The minimum absolute atomic E-state index is 0.605. The second kappa shape index (κ2) is 16.7. The minimum Gasteiger partial charge on any atom is -0.497 e. The lowest BCUT2D eigenvalue weighted by Crippen LogP contribution is -2.19. The standard InChI is InChI=1S/C33H35Cl2N5O2.C2H6/c1-22(7-9-24(3)34)19-39-21-26(17-37-39)33-18-36-31-12-11-27(15-32(31)38-33)40(20-23(2)8-10-25(4)35)28-13-29(41-5)16-30(14-28)42-6;1-2/h7-18,21H,19-20H2,1-6H3;1-2H3/b22-7+,23-8+,24-9+,25-10+;. The maximum Gasteiger partial charge on any atom is 0.124 e. The van der Waals surface area contributed by atoms with E-state index in [0.717, 1.165) is 49.8 Å². The molecule has 0 N–H and O–H groups in total. The zero-order valence-corrected chi connectivity index (χ0v) is 28.2. The van der Waals surface area contributed by atoms with Crippen LogP contribution in [0.2, 0.25) is 0 Å². The molecule has 2 aromatic carbocycles. The summed E-state index contributed by atoms with van der Waals surface area (Å²) in [5, 5.41) is 5.97. The SMILES string of the molecule is CC.COc1cc(OC)cc(N(C/C(C)=C/C=C(\C)Cl)c2ccc3ncc(-c4cnn(C/C(C)=C/C=C(\C)Cl)c4)nc3c2)c1. The summed E-state index contributed by atoms with van der Waals surface area (Å²) in [4.78, 5) is 11.8. The quantitative estimate of drug-likeness (QED) is 0.153. The van der Waals surface area contributed by atoms with E-state index >= 15 is 0 Å². The van der Waals surface area contributed by atoms with Crippen LogP contribution in [0, 0.1) is 0 Å². The lowest BCUT2D eigenvalue weighted by Gasteiger charge is -2.26. The molecule has 0 saturated heterocycles. The number of nitrogens with zero attached hydrogens (tertiary/aromatic N) is 5. The zero-order chi connectivity index (χ0) is 32.2. The van der Waals surface area contributed by atoms with Gasteiger partial charge in [0.1, 0.15) is 11.5 Å². The molecule has 0 aliphatic carbocycles. The van der Waals surface area contributed by atoms with E-state index in [9.17, 15) is 0 Å². The number of methoxy groups -OCH3 is 2. The van der Waals surface area contributed by atoms with Gasteiger partial charge in [-0.15, -0.1) is 0 Å². The van der Waals surface area contributed by atoms with E-state index in [2.05, 4.69) is 21.9 Å². The minimum atomic E-state index is 0.605. The number of rotatable bonds is 11. The topological polar surface area (TPSA) is 65.3 Å². The Balaban J connectivity index is 0.00000259. The highest BCUT2D eigenvalue weighted by Gasteiger charge is 2.15. The fourth-order valence-electron chi connectivity index (χ4n) is 4.29. The summed E-state index contributed by atoms with van der Waals surface area (Å²) in [6.45, 7) is 13.1. The van der Waals surface area contributed by atoms with Gasteiger partial charge < -0.3 is 14.4 Å². The first-order valence-corrected chi connectivity index (χ1v) is 15.2. The van der Waals surface area contributed by atoms with Crippen molar-refractivity contribution < 1.29 is 9.47 Å². The van der Waals surface area contributed by atoms with Crippen molar-refractivity contribution in [3.8, 4) is 22.8 Å². The van der Waals surface area contributed by atoms with Gasteiger partial charge in [0.15, 0.2) is 0 Å². The van der Waals surface area contributed by atoms with E-state index < -0.39 is 0 Å². The highest BCUT2D eigenvalue weighted by molar-refractivity contribution is 6.29. The largest absolute Gasteiger partial charge is 0.497 e. The van der Waals surface area contributed by atoms with Crippen LogP contribution < -0.4 is 14.4 Å². The number of allylic oxidation sites excluding steroid dienone is 7. The first-order chi connectivity index (χ1) is 21.1. The third kappa shape index (κ3) is 9.73. The molecule has 9 heteroatoms. The number of benzene rings is 2. The van der Waals surface area contributed by atoms with Crippen LogP contribution in [0.3, 0.4) is 0 Å². The van der Waals surface area contributed by atoms with Crippen molar-refractivity contribution in [3.05, 3.63) is 101 Å². The van der Waals surface area contributed by atoms with Crippen LogP contribution in [-0.2, 0) is 6.54 Å². The molecule has 2 aromatic heterocycles. The van der Waals surface area contributed by atoms with Crippen molar-refractivity contribution >= 4 is 45.6 Å². The summed E-state index contributed by atoms with van der Waals surface area (Å²) >= 11 is 12.0. The van der Waals surface area contributed by atoms with Crippen LogP contribution >= 0.6 is 23.2 Å². The molecule has 0 atom stereocenters. The van der Waals surface area contributed by atoms with E-state index in [1.807, 2.05) is 112 Å². The molecule has 0 aliphatic rings. The molecule has 7 nitrogen and oxygen atoms in total. The number of hydrogen-bond acceptors (Lipinski definition) is 6. The van der Waals surface area contributed by atoms with Gasteiger partial charge in [0, 0.05) is 57.9 Å². The number of halogens is 2. The maximum absolute atomic E-state index is 6.09. The Hall–Kier alpha value is -4.07. The third-order valence-electron chi connectivity index (χ3n) is 6.43. The van der Waals surface area contributed by atoms with E-state index in [4.69, 9.17) is 37.7 Å². The molecular weight excluding hydrogens is 593 g/mol. The van der Waals surface area contributed by atoms with Gasteiger partial charge in [0.25, 0.3) is 0 Å². The van der Waals surface area contributed by atoms with Crippen LogP contribution in [0.15, 0.2) is 101 Å². The second-order valence-electron chi connectivity index (χ2n) is 10.0. The van der Waals surface area contributed by atoms with Crippen molar-refractivity contribution in [2.45, 2.75) is 48.1 Å². The van der Waals surface area contributed by atoms with Crippen LogP contribution in [0.25, 0.3) is 22.3 Å². The monoisotopic (exact) mass is 633 g/mol. The Morgan fingerprint density at radius 3 is 2.05 bits per heavy atom. The molecule has 0 amide bonds. The zero-order valence-electron chi connectivity index (χ0n) is 26.7. The first-order valence-electron chi connectivity index (χ1n) is 14.4. The van der Waals surface area contributed by atoms with Gasteiger partial charge in [-0.1, -0.05) is 60.3 Å². The summed E-state index contributed by atoms with van der Waals surface area (Å²) in [6.07, 6.45) is 13.4. The smallest absolute Gasteiger partial charge is 0.124 e. The maximum atomic E-state index is 6.09. The summed E-state index contributed by atoms with van der Waals surface area (Å²) in [5.41, 5.74) is 7.32. The first kappa shape index (κ1) is 34.4. The predicted molar refractivity (Wildman–Crippen MR) is 185 cm³/mol. The Labute approximate surface area is 271 Å². The molecule has 4 aromatic rings. The Morgan fingerprint density at radius 2 is 1.43 bits per heavy atom. The lowest BCUT2D eigenvalue weighted by molar-refractivity contribution is 0.394. The molecule has 2 heterocycles. The number of ether oxygens (including phenoxy) is 2. The van der Waals surface area contributed by atoms with Gasteiger partial charge in [0.05, 0.1) is 49.9 Å². The van der Waals surface area contributed by atoms with Gasteiger partial charge in [-0.05, 0) is 58.0 Å². The summed E-state index contributed by atoms with van der Waals surface area (Å²) in [7, 11) is 3.29. The molecule has 0 bridgehead atoms. The van der Waals surface area contributed by atoms with Gasteiger partial charge in [-0.2, -0.15) is 5.10 Å². The summed E-state index contributed by atoms with van der Waals surface area (Å²) < 4.78 is 13.0. The average Bonchev–Trinajstić information content (AvgIpc) is 3.50. The lowest BCUT2D eigenvalue weighted by atomic mass is 10.1. The molecule has 0 spiro atoms. The van der Waals surface area contributed by atoms with Gasteiger partial charge in [-0.25, -0.2) is 4.98 Å². The fraction of sp³-hybridized carbons (Fsp3) is 0.286. The molecule has 0 unspecified atom stereocenters. The van der Waals surface area contributed by atoms with E-state index in [0.29, 0.717) is 29.6 Å². The van der Waals surface area contributed by atoms with Crippen LogP contribution in [0.5, 0.6) is 11.5 Å². The van der Waals surface area contributed by atoms with E-state index in [-0.39, 0.29) is 0 Å². The molecule has 0 fully saturated rings. The molecular formula is C35H41Cl2N5O2. The molecule has 0 radical (unpaired) electrons. The van der Waals surface area contributed by atoms with Crippen molar-refractivity contribution in [1.29, 1.82) is 0 Å². The Kier molecular flexibility index (Phi) is 13.1. The van der Waals surface area contributed by atoms with E-state index in [1.165, 1.54) is 0 Å². The molecule has 44 heavy (non-hydrogen) atoms. The predicted octanol–water partition coefficient (Wildman–Crippen LogP) is 9.85. The van der Waals surface area contributed by atoms with Crippen LogP contribution in [-0.4, -0.2) is 40.5 Å². The Bertz CT molecular complexity index is 1660. The normalized spacial score (nSPS) is 12.6. The molecule has 4 rings (SSSR count). The van der Waals surface area contributed by atoms with Crippen molar-refractivity contribution in [1.82, 2.24) is 19.7 Å². The number of anilines is 2. The van der Waals surface area contributed by atoms with Crippen LogP contribution in [0.4, 0.5) is 11.4 Å². The highest BCUT2D eigenvalue weighted by Crippen LogP contribution is 2.35. The number of aromatic nitrogens is 4. The fourth-order valence-corrected chi connectivity index (χ4v) is 4.42. The van der Waals surface area contributed by atoms with Crippen molar-refractivity contribution in [2.24, 2.45) is 0 Å². The summed E-state index contributed by atoms with van der Waals surface area (Å²) in [6, 6.07) is 11.9. The van der Waals surface area contributed by atoms with Gasteiger partial charge in [0.2, 0.25) is 0 Å². The van der Waals surface area contributed by atoms with Crippen LogP contribution in [0.1, 0.15) is 41.5 Å². The Morgan fingerprint density at radius 1 is 0.795 bits per heavy atom. The second-order valence-corrected chi connectivity index (χ2v) is 11.2. The number of fused-ring (bicyclic) bond motifs is 1. The average molecular weight is 635 g/mol. The number of hydrogen-bond donors (Lipinski definition) is 0. The molecule has 0 saturated carbocycles. The summed E-state index contributed by atoms with van der Waals surface area (Å²) in [5.74, 6) is 1.40. The van der Waals surface area contributed by atoms with Gasteiger partial charge in [-0.3, -0.25) is 9.67 Å². The van der Waals surface area contributed by atoms with Crippen molar-refractivity contribution in [2.75, 3.05) is 25.7 Å². The van der Waals surface area contributed by atoms with Gasteiger partial charge >= 0.3 is 0 Å².